The van der Waals surface area contributed by atoms with Crippen molar-refractivity contribution < 1.29 is 4.42 Å². The van der Waals surface area contributed by atoms with Crippen LogP contribution in [0.15, 0.2) is 16.5 Å². The van der Waals surface area contributed by atoms with E-state index in [-0.39, 0.29) is 0 Å². The lowest BCUT2D eigenvalue weighted by atomic mass is 9.99. The van der Waals surface area contributed by atoms with Gasteiger partial charge in [0.25, 0.3) is 0 Å². The van der Waals surface area contributed by atoms with Crippen LogP contribution in [0.3, 0.4) is 0 Å². The summed E-state index contributed by atoms with van der Waals surface area (Å²) in [7, 11) is 1.93. The Balaban J connectivity index is 2.68. The highest BCUT2D eigenvalue weighted by Gasteiger charge is 2.18. The number of fused-ring (bicyclic) bond motifs is 1. The Bertz CT molecular complexity index is 557. The van der Waals surface area contributed by atoms with Crippen molar-refractivity contribution in [1.29, 1.82) is 0 Å². The van der Waals surface area contributed by atoms with Gasteiger partial charge in [-0.1, -0.05) is 31.5 Å². The highest BCUT2D eigenvalue weighted by molar-refractivity contribution is 6.35. The van der Waals surface area contributed by atoms with E-state index in [1.54, 1.807) is 0 Å². The highest BCUT2D eigenvalue weighted by Crippen LogP contribution is 2.35. The number of nitrogens with one attached hydrogen (secondary N) is 1. The van der Waals surface area contributed by atoms with E-state index in [4.69, 9.17) is 16.0 Å². The van der Waals surface area contributed by atoms with Crippen LogP contribution in [0.4, 0.5) is 0 Å². The molecule has 2 aromatic rings. The third-order valence-electron chi connectivity index (χ3n) is 3.12. The van der Waals surface area contributed by atoms with Gasteiger partial charge in [0.2, 0.25) is 0 Å². The fourth-order valence-corrected chi connectivity index (χ4v) is 2.59. The molecule has 3 heteroatoms. The standard InChI is InChI=1S/C15H20ClNO/c1-9(2)7-11-13(8-17-4)18-15-10(3)5-6-12(16)14(11)15/h5-6,9,17H,7-8H2,1-4H3. The Morgan fingerprint density at radius 2 is 2.06 bits per heavy atom. The van der Waals surface area contributed by atoms with Crippen molar-refractivity contribution in [3.05, 3.63) is 34.0 Å². The topological polar surface area (TPSA) is 25.2 Å². The SMILES string of the molecule is CNCc1oc2c(C)ccc(Cl)c2c1CC(C)C. The Hall–Kier alpha value is -0.990. The predicted octanol–water partition coefficient (Wildman–Crippen LogP) is 4.31. The fraction of sp³-hybridized carbons (Fsp3) is 0.467. The largest absolute Gasteiger partial charge is 0.459 e. The molecule has 0 aliphatic carbocycles. The molecule has 2 rings (SSSR count). The van der Waals surface area contributed by atoms with Crippen LogP contribution in [-0.4, -0.2) is 7.05 Å². The zero-order valence-electron chi connectivity index (χ0n) is 11.4. The summed E-state index contributed by atoms with van der Waals surface area (Å²) in [6.45, 7) is 7.23. The molecule has 1 aromatic heterocycles. The number of rotatable bonds is 4. The van der Waals surface area contributed by atoms with E-state index in [1.807, 2.05) is 19.2 Å². The van der Waals surface area contributed by atoms with Crippen LogP contribution in [0, 0.1) is 12.8 Å². The number of hydrogen-bond acceptors (Lipinski definition) is 2. The van der Waals surface area contributed by atoms with Crippen molar-refractivity contribution in [3.63, 3.8) is 0 Å². The van der Waals surface area contributed by atoms with Crippen molar-refractivity contribution in [2.24, 2.45) is 5.92 Å². The maximum atomic E-state index is 6.35. The summed E-state index contributed by atoms with van der Waals surface area (Å²) in [4.78, 5) is 0. The number of hydrogen-bond donors (Lipinski definition) is 1. The second-order valence-electron chi connectivity index (χ2n) is 5.20. The predicted molar refractivity (Wildman–Crippen MR) is 77.3 cm³/mol. The van der Waals surface area contributed by atoms with Crippen molar-refractivity contribution in [3.8, 4) is 0 Å². The summed E-state index contributed by atoms with van der Waals surface area (Å²) in [5.41, 5.74) is 3.33. The molecule has 0 atom stereocenters. The van der Waals surface area contributed by atoms with E-state index in [0.29, 0.717) is 5.92 Å². The zero-order valence-corrected chi connectivity index (χ0v) is 12.2. The molecule has 1 N–H and O–H groups in total. The maximum absolute atomic E-state index is 6.35. The second kappa shape index (κ2) is 5.33. The van der Waals surface area contributed by atoms with E-state index < -0.39 is 0 Å². The van der Waals surface area contributed by atoms with Gasteiger partial charge in [0.15, 0.2) is 0 Å². The molecule has 18 heavy (non-hydrogen) atoms. The zero-order chi connectivity index (χ0) is 13.3. The van der Waals surface area contributed by atoms with E-state index >= 15 is 0 Å². The van der Waals surface area contributed by atoms with Gasteiger partial charge in [0, 0.05) is 10.9 Å². The molecule has 1 aromatic carbocycles. The molecule has 0 unspecified atom stereocenters. The monoisotopic (exact) mass is 265 g/mol. The van der Waals surface area contributed by atoms with E-state index in [0.717, 1.165) is 40.3 Å². The minimum atomic E-state index is 0.581. The molecular weight excluding hydrogens is 246 g/mol. The third kappa shape index (κ3) is 2.40. The molecule has 2 nitrogen and oxygen atoms in total. The van der Waals surface area contributed by atoms with Gasteiger partial charge in [-0.15, -0.1) is 0 Å². The average molecular weight is 266 g/mol. The summed E-state index contributed by atoms with van der Waals surface area (Å²) in [6, 6.07) is 3.97. The molecule has 98 valence electrons. The molecule has 0 radical (unpaired) electrons. The summed E-state index contributed by atoms with van der Waals surface area (Å²) in [6.07, 6.45) is 0.993. The van der Waals surface area contributed by atoms with Crippen LogP contribution in [0.2, 0.25) is 5.02 Å². The summed E-state index contributed by atoms with van der Waals surface area (Å²) < 4.78 is 6.01. The van der Waals surface area contributed by atoms with Gasteiger partial charge >= 0.3 is 0 Å². The molecule has 1 heterocycles. The minimum absolute atomic E-state index is 0.581. The lowest BCUT2D eigenvalue weighted by Crippen LogP contribution is -2.07. The van der Waals surface area contributed by atoms with E-state index in [1.165, 1.54) is 5.56 Å². The van der Waals surface area contributed by atoms with E-state index in [2.05, 4.69) is 26.1 Å². The molecule has 0 spiro atoms. The van der Waals surface area contributed by atoms with Crippen molar-refractivity contribution in [1.82, 2.24) is 5.32 Å². The van der Waals surface area contributed by atoms with Crippen LogP contribution in [0.25, 0.3) is 11.0 Å². The van der Waals surface area contributed by atoms with Gasteiger partial charge in [-0.25, -0.2) is 0 Å². The number of aryl methyl sites for hydroxylation is 1. The summed E-state index contributed by atoms with van der Waals surface area (Å²) in [5, 5.41) is 5.04. The summed E-state index contributed by atoms with van der Waals surface area (Å²) in [5.74, 6) is 1.59. The normalized spacial score (nSPS) is 11.7. The van der Waals surface area contributed by atoms with Gasteiger partial charge in [0.05, 0.1) is 11.6 Å². The van der Waals surface area contributed by atoms with Gasteiger partial charge in [-0.2, -0.15) is 0 Å². The molecule has 0 bridgehead atoms. The molecule has 0 saturated heterocycles. The van der Waals surface area contributed by atoms with Crippen molar-refractivity contribution in [2.45, 2.75) is 33.7 Å². The quantitative estimate of drug-likeness (QED) is 0.891. The van der Waals surface area contributed by atoms with Gasteiger partial charge in [-0.05, 0) is 37.9 Å². The maximum Gasteiger partial charge on any atom is 0.139 e. The number of furan rings is 1. The van der Waals surface area contributed by atoms with Crippen LogP contribution >= 0.6 is 11.6 Å². The Morgan fingerprint density at radius 3 is 2.67 bits per heavy atom. The Morgan fingerprint density at radius 1 is 1.33 bits per heavy atom. The molecule has 0 fully saturated rings. The molecule has 0 amide bonds. The molecular formula is C15H20ClNO. The lowest BCUT2D eigenvalue weighted by molar-refractivity contribution is 0.514. The van der Waals surface area contributed by atoms with E-state index in [9.17, 15) is 0 Å². The number of halogens is 1. The number of benzene rings is 1. The van der Waals surface area contributed by atoms with Gasteiger partial charge < -0.3 is 9.73 Å². The third-order valence-corrected chi connectivity index (χ3v) is 3.43. The van der Waals surface area contributed by atoms with Crippen LogP contribution < -0.4 is 5.32 Å². The molecule has 0 saturated carbocycles. The van der Waals surface area contributed by atoms with Crippen LogP contribution in [-0.2, 0) is 13.0 Å². The van der Waals surface area contributed by atoms with Crippen molar-refractivity contribution in [2.75, 3.05) is 7.05 Å². The lowest BCUT2D eigenvalue weighted by Gasteiger charge is -2.06. The fourth-order valence-electron chi connectivity index (χ4n) is 2.33. The van der Waals surface area contributed by atoms with Gasteiger partial charge in [0.1, 0.15) is 11.3 Å². The highest BCUT2D eigenvalue weighted by atomic mass is 35.5. The van der Waals surface area contributed by atoms with Crippen LogP contribution in [0.1, 0.15) is 30.7 Å². The first-order valence-corrected chi connectivity index (χ1v) is 6.76. The molecule has 0 aliphatic rings. The van der Waals surface area contributed by atoms with Crippen molar-refractivity contribution >= 4 is 22.6 Å². The first-order chi connectivity index (χ1) is 8.54. The minimum Gasteiger partial charge on any atom is -0.459 e. The van der Waals surface area contributed by atoms with Gasteiger partial charge in [-0.3, -0.25) is 0 Å². The Kier molecular flexibility index (Phi) is 3.98. The second-order valence-corrected chi connectivity index (χ2v) is 5.61. The first-order valence-electron chi connectivity index (χ1n) is 6.38. The van der Waals surface area contributed by atoms with Crippen LogP contribution in [0.5, 0.6) is 0 Å². The summed E-state index contributed by atoms with van der Waals surface area (Å²) >= 11 is 6.35. The average Bonchev–Trinajstić information content (AvgIpc) is 2.64. The molecule has 0 aliphatic heterocycles. The smallest absolute Gasteiger partial charge is 0.139 e. The Labute approximate surface area is 113 Å². The first kappa shape index (κ1) is 13.4.